The highest BCUT2D eigenvalue weighted by atomic mass is 32.1. The summed E-state index contributed by atoms with van der Waals surface area (Å²) in [5.74, 6) is 0.0160. The number of hydrogen-bond acceptors (Lipinski definition) is 3. The predicted octanol–water partition coefficient (Wildman–Crippen LogP) is 3.06. The number of nitrogens with zero attached hydrogens (tertiary/aromatic N) is 1. The van der Waals surface area contributed by atoms with E-state index >= 15 is 0 Å². The highest BCUT2D eigenvalue weighted by Gasteiger charge is 2.23. The van der Waals surface area contributed by atoms with Crippen molar-refractivity contribution in [1.82, 2.24) is 4.90 Å². The van der Waals surface area contributed by atoms with E-state index in [1.807, 2.05) is 60.5 Å². The molecule has 1 atom stereocenters. The van der Waals surface area contributed by atoms with Crippen LogP contribution in [0.1, 0.15) is 24.3 Å². The second-order valence-corrected chi connectivity index (χ2v) is 6.47. The van der Waals surface area contributed by atoms with Gasteiger partial charge in [-0.1, -0.05) is 36.4 Å². The molecular formula is C17H22N2OS. The smallest absolute Gasteiger partial charge is 0.240 e. The van der Waals surface area contributed by atoms with Crippen molar-refractivity contribution in [2.24, 2.45) is 5.73 Å². The standard InChI is InChI=1S/C17H22N2OS/c1-13(2)19(12-15-9-6-10-21-15)17(20)16(18)11-14-7-4-3-5-8-14/h3-10,13,16H,11-12,18H2,1-2H3/t16-/m0/s1. The van der Waals surface area contributed by atoms with Gasteiger partial charge in [-0.3, -0.25) is 4.79 Å². The molecule has 3 nitrogen and oxygen atoms in total. The van der Waals surface area contributed by atoms with Gasteiger partial charge in [0, 0.05) is 10.9 Å². The summed E-state index contributed by atoms with van der Waals surface area (Å²) >= 11 is 1.67. The summed E-state index contributed by atoms with van der Waals surface area (Å²) in [6.07, 6.45) is 0.577. The highest BCUT2D eigenvalue weighted by molar-refractivity contribution is 7.09. The van der Waals surface area contributed by atoms with Crippen molar-refractivity contribution >= 4 is 17.2 Å². The molecule has 0 saturated heterocycles. The van der Waals surface area contributed by atoms with Gasteiger partial charge in [0.05, 0.1) is 12.6 Å². The summed E-state index contributed by atoms with van der Waals surface area (Å²) in [5, 5.41) is 2.03. The number of benzene rings is 1. The quantitative estimate of drug-likeness (QED) is 0.891. The molecule has 1 aromatic heterocycles. The lowest BCUT2D eigenvalue weighted by molar-refractivity contribution is -0.134. The molecule has 0 spiro atoms. The topological polar surface area (TPSA) is 46.3 Å². The van der Waals surface area contributed by atoms with Crippen LogP contribution in [0.2, 0.25) is 0 Å². The normalized spacial score (nSPS) is 12.4. The first-order valence-corrected chi connectivity index (χ1v) is 8.08. The number of thiophene rings is 1. The molecule has 0 bridgehead atoms. The van der Waals surface area contributed by atoms with Crippen LogP contribution in [-0.4, -0.2) is 22.9 Å². The van der Waals surface area contributed by atoms with Gasteiger partial charge >= 0.3 is 0 Å². The maximum atomic E-state index is 12.6. The first-order chi connectivity index (χ1) is 10.1. The number of hydrogen-bond donors (Lipinski definition) is 1. The molecule has 0 radical (unpaired) electrons. The van der Waals surface area contributed by atoms with Crippen LogP contribution in [0.25, 0.3) is 0 Å². The predicted molar refractivity (Wildman–Crippen MR) is 88.1 cm³/mol. The van der Waals surface area contributed by atoms with Crippen LogP contribution in [-0.2, 0) is 17.8 Å². The largest absolute Gasteiger partial charge is 0.334 e. The maximum absolute atomic E-state index is 12.6. The Morgan fingerprint density at radius 2 is 1.90 bits per heavy atom. The lowest BCUT2D eigenvalue weighted by Crippen LogP contribution is -2.47. The van der Waals surface area contributed by atoms with Crippen LogP contribution >= 0.6 is 11.3 Å². The molecule has 0 saturated carbocycles. The summed E-state index contributed by atoms with van der Waals surface area (Å²) in [5.41, 5.74) is 7.22. The third-order valence-electron chi connectivity index (χ3n) is 3.43. The molecule has 2 rings (SSSR count). The molecule has 0 aliphatic heterocycles. The third kappa shape index (κ3) is 4.41. The Labute approximate surface area is 130 Å². The van der Waals surface area contributed by atoms with Crippen LogP contribution < -0.4 is 5.73 Å². The monoisotopic (exact) mass is 302 g/mol. The van der Waals surface area contributed by atoms with Gasteiger partial charge in [-0.05, 0) is 37.3 Å². The average Bonchev–Trinajstić information content (AvgIpc) is 2.98. The van der Waals surface area contributed by atoms with Crippen LogP contribution in [0.5, 0.6) is 0 Å². The first kappa shape index (κ1) is 15.7. The van der Waals surface area contributed by atoms with Crippen molar-refractivity contribution in [2.45, 2.75) is 38.9 Å². The summed E-state index contributed by atoms with van der Waals surface area (Å²) in [7, 11) is 0. The van der Waals surface area contributed by atoms with Gasteiger partial charge in [-0.15, -0.1) is 11.3 Å². The minimum Gasteiger partial charge on any atom is -0.334 e. The molecule has 0 fully saturated rings. The SMILES string of the molecule is CC(C)N(Cc1cccs1)C(=O)[C@@H](N)Cc1ccccc1. The van der Waals surface area contributed by atoms with E-state index in [0.29, 0.717) is 13.0 Å². The number of carbonyl (C=O) groups is 1. The minimum atomic E-state index is -0.491. The van der Waals surface area contributed by atoms with E-state index in [1.165, 1.54) is 4.88 Å². The van der Waals surface area contributed by atoms with E-state index in [9.17, 15) is 4.79 Å². The molecule has 0 aliphatic carbocycles. The fourth-order valence-corrected chi connectivity index (χ4v) is 2.96. The Hall–Kier alpha value is -1.65. The Kier molecular flexibility index (Phi) is 5.53. The molecule has 112 valence electrons. The fraction of sp³-hybridized carbons (Fsp3) is 0.353. The van der Waals surface area contributed by atoms with Gasteiger partial charge in [0.25, 0.3) is 0 Å². The molecule has 21 heavy (non-hydrogen) atoms. The third-order valence-corrected chi connectivity index (χ3v) is 4.29. The van der Waals surface area contributed by atoms with Gasteiger partial charge in [0.2, 0.25) is 5.91 Å². The van der Waals surface area contributed by atoms with Crippen molar-refractivity contribution in [3.63, 3.8) is 0 Å². The molecule has 2 aromatic rings. The lowest BCUT2D eigenvalue weighted by atomic mass is 10.0. The van der Waals surface area contributed by atoms with Gasteiger partial charge < -0.3 is 10.6 Å². The molecule has 2 N–H and O–H groups in total. The number of amides is 1. The summed E-state index contributed by atoms with van der Waals surface area (Å²) in [6.45, 7) is 4.69. The van der Waals surface area contributed by atoms with Gasteiger partial charge in [0.15, 0.2) is 0 Å². The number of rotatable bonds is 6. The van der Waals surface area contributed by atoms with Crippen molar-refractivity contribution in [1.29, 1.82) is 0 Å². The van der Waals surface area contributed by atoms with E-state index in [0.717, 1.165) is 5.56 Å². The molecule has 1 amide bonds. The van der Waals surface area contributed by atoms with Crippen molar-refractivity contribution < 1.29 is 4.79 Å². The second-order valence-electron chi connectivity index (χ2n) is 5.44. The molecular weight excluding hydrogens is 280 g/mol. The van der Waals surface area contributed by atoms with E-state index in [2.05, 4.69) is 6.07 Å². The molecule has 0 unspecified atom stereocenters. The molecule has 1 heterocycles. The van der Waals surface area contributed by atoms with Gasteiger partial charge in [0.1, 0.15) is 0 Å². The first-order valence-electron chi connectivity index (χ1n) is 7.20. The summed E-state index contributed by atoms with van der Waals surface area (Å²) in [4.78, 5) is 15.7. The number of carbonyl (C=O) groups excluding carboxylic acids is 1. The second kappa shape index (κ2) is 7.38. The summed E-state index contributed by atoms with van der Waals surface area (Å²) < 4.78 is 0. The van der Waals surface area contributed by atoms with Gasteiger partial charge in [-0.2, -0.15) is 0 Å². The van der Waals surface area contributed by atoms with E-state index in [1.54, 1.807) is 11.3 Å². The van der Waals surface area contributed by atoms with Crippen LogP contribution in [0.3, 0.4) is 0 Å². The molecule has 1 aromatic carbocycles. The van der Waals surface area contributed by atoms with E-state index < -0.39 is 6.04 Å². The molecule has 4 heteroatoms. The van der Waals surface area contributed by atoms with E-state index in [4.69, 9.17) is 5.73 Å². The Balaban J connectivity index is 2.03. The zero-order valence-electron chi connectivity index (χ0n) is 12.5. The van der Waals surface area contributed by atoms with E-state index in [-0.39, 0.29) is 11.9 Å². The lowest BCUT2D eigenvalue weighted by Gasteiger charge is -2.29. The van der Waals surface area contributed by atoms with Crippen LogP contribution in [0.15, 0.2) is 47.8 Å². The Bertz CT molecular complexity index is 551. The Morgan fingerprint density at radius 3 is 2.48 bits per heavy atom. The number of nitrogens with two attached hydrogens (primary N) is 1. The summed E-state index contributed by atoms with van der Waals surface area (Å²) in [6, 6.07) is 13.6. The van der Waals surface area contributed by atoms with Crippen LogP contribution in [0.4, 0.5) is 0 Å². The van der Waals surface area contributed by atoms with Crippen molar-refractivity contribution in [3.05, 3.63) is 58.3 Å². The highest BCUT2D eigenvalue weighted by Crippen LogP contribution is 2.15. The maximum Gasteiger partial charge on any atom is 0.240 e. The van der Waals surface area contributed by atoms with Gasteiger partial charge in [-0.25, -0.2) is 0 Å². The minimum absolute atomic E-state index is 0.0160. The average molecular weight is 302 g/mol. The van der Waals surface area contributed by atoms with Crippen molar-refractivity contribution in [3.8, 4) is 0 Å². The fourth-order valence-electron chi connectivity index (χ4n) is 2.25. The zero-order chi connectivity index (χ0) is 15.2. The molecule has 0 aliphatic rings. The van der Waals surface area contributed by atoms with Crippen LogP contribution in [0, 0.1) is 0 Å². The zero-order valence-corrected chi connectivity index (χ0v) is 13.3. The van der Waals surface area contributed by atoms with Crippen molar-refractivity contribution in [2.75, 3.05) is 0 Å². The Morgan fingerprint density at radius 1 is 1.19 bits per heavy atom.